The van der Waals surface area contributed by atoms with Gasteiger partial charge < -0.3 is 15.6 Å². The molecule has 3 N–H and O–H groups in total. The second kappa shape index (κ2) is 6.85. The fraction of sp³-hybridized carbons (Fsp3) is 0.250. The van der Waals surface area contributed by atoms with Crippen LogP contribution in [0.5, 0.6) is 0 Å². The Bertz CT molecular complexity index is 675. The molecule has 2 rings (SSSR count). The number of pyridine rings is 1. The maximum atomic E-state index is 11.9. The number of benzene rings is 1. The van der Waals surface area contributed by atoms with Crippen molar-refractivity contribution in [3.05, 3.63) is 64.1 Å². The molecule has 0 atom stereocenters. The van der Waals surface area contributed by atoms with Crippen LogP contribution in [0.1, 0.15) is 17.5 Å². The van der Waals surface area contributed by atoms with Crippen molar-refractivity contribution in [3.8, 4) is 0 Å². The van der Waals surface area contributed by atoms with Crippen molar-refractivity contribution in [2.45, 2.75) is 26.4 Å². The van der Waals surface area contributed by atoms with Crippen molar-refractivity contribution < 1.29 is 4.79 Å². The lowest BCUT2D eigenvalue weighted by Gasteiger charge is -2.08. The molecular weight excluding hydrogens is 266 g/mol. The Balaban J connectivity index is 1.92. The van der Waals surface area contributed by atoms with Crippen LogP contribution in [0.4, 0.5) is 5.69 Å². The third-order valence-electron chi connectivity index (χ3n) is 3.18. The quantitative estimate of drug-likeness (QED) is 0.876. The molecule has 0 aliphatic carbocycles. The highest BCUT2D eigenvalue weighted by Gasteiger charge is 2.04. The minimum Gasteiger partial charge on any atom is -0.326 e. The summed E-state index contributed by atoms with van der Waals surface area (Å²) in [6.45, 7) is 2.76. The highest BCUT2D eigenvalue weighted by atomic mass is 16.1. The number of anilines is 1. The van der Waals surface area contributed by atoms with Crippen LogP contribution in [0.25, 0.3) is 0 Å². The highest BCUT2D eigenvalue weighted by Crippen LogP contribution is 2.09. The van der Waals surface area contributed by atoms with Gasteiger partial charge in [0.05, 0.1) is 0 Å². The van der Waals surface area contributed by atoms with Crippen LogP contribution in [-0.2, 0) is 17.9 Å². The molecule has 2 aromatic rings. The Morgan fingerprint density at radius 1 is 1.19 bits per heavy atom. The van der Waals surface area contributed by atoms with E-state index in [4.69, 9.17) is 5.73 Å². The average molecular weight is 285 g/mol. The minimum atomic E-state index is -0.121. The number of rotatable bonds is 5. The zero-order valence-corrected chi connectivity index (χ0v) is 12.0. The minimum absolute atomic E-state index is 0.0966. The van der Waals surface area contributed by atoms with E-state index in [1.165, 1.54) is 6.07 Å². The van der Waals surface area contributed by atoms with Gasteiger partial charge in [0.2, 0.25) is 5.91 Å². The topological polar surface area (TPSA) is 77.1 Å². The van der Waals surface area contributed by atoms with E-state index in [1.54, 1.807) is 16.8 Å². The van der Waals surface area contributed by atoms with Crippen LogP contribution in [0.2, 0.25) is 0 Å². The average Bonchev–Trinajstić information content (AvgIpc) is 2.49. The first-order valence-corrected chi connectivity index (χ1v) is 6.84. The molecular formula is C16H19N3O2. The summed E-state index contributed by atoms with van der Waals surface area (Å²) < 4.78 is 1.55. The lowest BCUT2D eigenvalue weighted by Crippen LogP contribution is -2.22. The number of aromatic nitrogens is 1. The van der Waals surface area contributed by atoms with E-state index < -0.39 is 0 Å². The van der Waals surface area contributed by atoms with Crippen molar-refractivity contribution in [3.63, 3.8) is 0 Å². The third-order valence-corrected chi connectivity index (χ3v) is 3.18. The number of nitrogens with two attached hydrogens (primary N) is 1. The monoisotopic (exact) mass is 285 g/mol. The smallest absolute Gasteiger partial charge is 0.250 e. The molecule has 0 unspecified atom stereocenters. The molecule has 0 saturated carbocycles. The lowest BCUT2D eigenvalue weighted by atomic mass is 10.2. The van der Waals surface area contributed by atoms with Crippen molar-refractivity contribution in [1.29, 1.82) is 0 Å². The van der Waals surface area contributed by atoms with Gasteiger partial charge in [-0.1, -0.05) is 18.2 Å². The zero-order valence-electron chi connectivity index (χ0n) is 12.0. The first-order chi connectivity index (χ1) is 10.1. The molecule has 0 fully saturated rings. The van der Waals surface area contributed by atoms with Crippen molar-refractivity contribution in [2.75, 3.05) is 5.32 Å². The molecule has 1 heterocycles. The summed E-state index contributed by atoms with van der Waals surface area (Å²) in [4.78, 5) is 23.5. The Morgan fingerprint density at radius 2 is 1.90 bits per heavy atom. The summed E-state index contributed by atoms with van der Waals surface area (Å²) in [7, 11) is 0. The van der Waals surface area contributed by atoms with Gasteiger partial charge in [0.15, 0.2) is 0 Å². The van der Waals surface area contributed by atoms with Crippen LogP contribution in [0.15, 0.2) is 47.4 Å². The number of hydrogen-bond acceptors (Lipinski definition) is 3. The zero-order chi connectivity index (χ0) is 15.2. The second-order valence-corrected chi connectivity index (χ2v) is 4.94. The van der Waals surface area contributed by atoms with E-state index in [2.05, 4.69) is 5.32 Å². The lowest BCUT2D eigenvalue weighted by molar-refractivity contribution is -0.116. The van der Waals surface area contributed by atoms with Gasteiger partial charge in [0, 0.05) is 37.5 Å². The second-order valence-electron chi connectivity index (χ2n) is 4.94. The summed E-state index contributed by atoms with van der Waals surface area (Å²) in [5, 5.41) is 2.80. The van der Waals surface area contributed by atoms with Gasteiger partial charge in [-0.25, -0.2) is 0 Å². The molecule has 0 aliphatic heterocycles. The van der Waals surface area contributed by atoms with E-state index in [0.29, 0.717) is 13.1 Å². The molecule has 110 valence electrons. The van der Waals surface area contributed by atoms with Crippen molar-refractivity contribution >= 4 is 11.6 Å². The largest absolute Gasteiger partial charge is 0.326 e. The molecule has 0 radical (unpaired) electrons. The predicted molar refractivity (Wildman–Crippen MR) is 83.0 cm³/mol. The molecule has 21 heavy (non-hydrogen) atoms. The Hall–Kier alpha value is -2.40. The Morgan fingerprint density at radius 3 is 2.57 bits per heavy atom. The van der Waals surface area contributed by atoms with Crippen molar-refractivity contribution in [2.24, 2.45) is 5.73 Å². The molecule has 1 amide bonds. The summed E-state index contributed by atoms with van der Waals surface area (Å²) in [5.41, 5.74) is 8.16. The molecule has 1 aromatic heterocycles. The number of carbonyl (C=O) groups is 1. The van der Waals surface area contributed by atoms with Crippen LogP contribution < -0.4 is 16.6 Å². The SMILES string of the molecule is Cc1ccc(=O)n(CCC(=O)Nc2ccc(CN)cc2)c1. The number of aryl methyl sites for hydroxylation is 2. The van der Waals surface area contributed by atoms with E-state index in [1.807, 2.05) is 31.2 Å². The predicted octanol–water partition coefficient (Wildman–Crippen LogP) is 1.64. The Labute approximate surface area is 123 Å². The maximum absolute atomic E-state index is 11.9. The summed E-state index contributed by atoms with van der Waals surface area (Å²) in [5.74, 6) is -0.121. The highest BCUT2D eigenvalue weighted by molar-refractivity contribution is 5.90. The van der Waals surface area contributed by atoms with Crippen LogP contribution in [0.3, 0.4) is 0 Å². The van der Waals surface area contributed by atoms with E-state index >= 15 is 0 Å². The van der Waals surface area contributed by atoms with Gasteiger partial charge in [-0.2, -0.15) is 0 Å². The molecule has 0 bridgehead atoms. The van der Waals surface area contributed by atoms with Gasteiger partial charge in [-0.15, -0.1) is 0 Å². The Kier molecular flexibility index (Phi) is 4.90. The van der Waals surface area contributed by atoms with Gasteiger partial charge in [0.1, 0.15) is 0 Å². The standard InChI is InChI=1S/C16H19N3O2/c1-12-2-7-16(21)19(11-12)9-8-15(20)18-14-5-3-13(10-17)4-6-14/h2-7,11H,8-10,17H2,1H3,(H,18,20). The van der Waals surface area contributed by atoms with E-state index in [9.17, 15) is 9.59 Å². The molecule has 5 heteroatoms. The number of amides is 1. The first kappa shape index (κ1) is 15.0. The summed E-state index contributed by atoms with van der Waals surface area (Å²) in [6.07, 6.45) is 2.01. The summed E-state index contributed by atoms with van der Waals surface area (Å²) >= 11 is 0. The number of nitrogens with zero attached hydrogens (tertiary/aromatic N) is 1. The van der Waals surface area contributed by atoms with E-state index in [-0.39, 0.29) is 17.9 Å². The normalized spacial score (nSPS) is 10.4. The van der Waals surface area contributed by atoms with Gasteiger partial charge in [0.25, 0.3) is 5.56 Å². The van der Waals surface area contributed by atoms with Crippen LogP contribution >= 0.6 is 0 Å². The number of hydrogen-bond donors (Lipinski definition) is 2. The third kappa shape index (κ3) is 4.29. The molecule has 0 aliphatic rings. The van der Waals surface area contributed by atoms with Gasteiger partial charge in [-0.3, -0.25) is 9.59 Å². The first-order valence-electron chi connectivity index (χ1n) is 6.84. The maximum Gasteiger partial charge on any atom is 0.250 e. The van der Waals surface area contributed by atoms with Crippen LogP contribution in [-0.4, -0.2) is 10.5 Å². The van der Waals surface area contributed by atoms with Gasteiger partial charge in [-0.05, 0) is 30.2 Å². The number of carbonyl (C=O) groups excluding carboxylic acids is 1. The van der Waals surface area contributed by atoms with Gasteiger partial charge >= 0.3 is 0 Å². The molecule has 1 aromatic carbocycles. The van der Waals surface area contributed by atoms with Crippen LogP contribution in [0, 0.1) is 6.92 Å². The van der Waals surface area contributed by atoms with Crippen molar-refractivity contribution in [1.82, 2.24) is 4.57 Å². The van der Waals surface area contributed by atoms with E-state index in [0.717, 1.165) is 16.8 Å². The fourth-order valence-electron chi connectivity index (χ4n) is 2.00. The summed E-state index contributed by atoms with van der Waals surface area (Å²) in [6, 6.07) is 10.7. The molecule has 0 spiro atoms. The number of nitrogens with one attached hydrogen (secondary N) is 1. The molecule has 0 saturated heterocycles. The fourth-order valence-corrected chi connectivity index (χ4v) is 2.00. The molecule has 5 nitrogen and oxygen atoms in total.